The standard InChI is InChI=1S/C14H21NO4/c1-11(9-14(16)10-19-2)3-4-12-5-7-13(8-6-12)15(17)18/h5-8,11,14,16H,3-4,9-10H2,1-2H3. The van der Waals surface area contributed by atoms with Gasteiger partial charge in [0.2, 0.25) is 0 Å². The van der Waals surface area contributed by atoms with Crippen molar-refractivity contribution < 1.29 is 14.8 Å². The number of aliphatic hydroxyl groups excluding tert-OH is 1. The predicted octanol–water partition coefficient (Wildman–Crippen LogP) is 2.56. The Morgan fingerprint density at radius 1 is 1.37 bits per heavy atom. The van der Waals surface area contributed by atoms with E-state index in [9.17, 15) is 15.2 Å². The van der Waals surface area contributed by atoms with Crippen LogP contribution in [0.1, 0.15) is 25.3 Å². The van der Waals surface area contributed by atoms with Gasteiger partial charge < -0.3 is 9.84 Å². The smallest absolute Gasteiger partial charge is 0.269 e. The van der Waals surface area contributed by atoms with Gasteiger partial charge in [-0.15, -0.1) is 0 Å². The zero-order chi connectivity index (χ0) is 14.3. The first-order valence-electron chi connectivity index (χ1n) is 6.43. The molecule has 0 aromatic heterocycles. The zero-order valence-corrected chi connectivity index (χ0v) is 11.4. The number of benzene rings is 1. The molecule has 0 amide bonds. The second-order valence-electron chi connectivity index (χ2n) is 4.91. The number of ether oxygens (including phenoxy) is 1. The maximum absolute atomic E-state index is 10.5. The lowest BCUT2D eigenvalue weighted by Crippen LogP contribution is -2.17. The molecular weight excluding hydrogens is 246 g/mol. The van der Waals surface area contributed by atoms with Crippen LogP contribution < -0.4 is 0 Å². The monoisotopic (exact) mass is 267 g/mol. The summed E-state index contributed by atoms with van der Waals surface area (Å²) in [6, 6.07) is 6.63. The van der Waals surface area contributed by atoms with Crippen LogP contribution in [0.15, 0.2) is 24.3 Å². The molecule has 0 aliphatic heterocycles. The van der Waals surface area contributed by atoms with Crippen LogP contribution >= 0.6 is 0 Å². The molecule has 0 aliphatic carbocycles. The van der Waals surface area contributed by atoms with Gasteiger partial charge >= 0.3 is 0 Å². The first-order valence-corrected chi connectivity index (χ1v) is 6.43. The molecule has 5 nitrogen and oxygen atoms in total. The molecule has 1 aromatic rings. The zero-order valence-electron chi connectivity index (χ0n) is 11.4. The predicted molar refractivity (Wildman–Crippen MR) is 73.1 cm³/mol. The molecule has 0 heterocycles. The van der Waals surface area contributed by atoms with Crippen molar-refractivity contribution in [1.29, 1.82) is 0 Å². The van der Waals surface area contributed by atoms with Crippen LogP contribution in [0.2, 0.25) is 0 Å². The molecule has 2 atom stereocenters. The van der Waals surface area contributed by atoms with Gasteiger partial charge in [-0.1, -0.05) is 19.1 Å². The maximum Gasteiger partial charge on any atom is 0.269 e. The third-order valence-corrected chi connectivity index (χ3v) is 3.11. The molecule has 0 fully saturated rings. The summed E-state index contributed by atoms with van der Waals surface area (Å²) in [4.78, 5) is 10.1. The fraction of sp³-hybridized carbons (Fsp3) is 0.571. The highest BCUT2D eigenvalue weighted by molar-refractivity contribution is 5.32. The molecule has 0 saturated heterocycles. The number of non-ortho nitro benzene ring substituents is 1. The van der Waals surface area contributed by atoms with Gasteiger partial charge in [-0.05, 0) is 30.7 Å². The first kappa shape index (κ1) is 15.6. The molecule has 0 spiro atoms. The second-order valence-corrected chi connectivity index (χ2v) is 4.91. The second kappa shape index (κ2) is 7.86. The summed E-state index contributed by atoms with van der Waals surface area (Å²) in [5.41, 5.74) is 1.20. The van der Waals surface area contributed by atoms with Crippen molar-refractivity contribution in [2.75, 3.05) is 13.7 Å². The molecule has 1 aromatic carbocycles. The maximum atomic E-state index is 10.5. The van der Waals surface area contributed by atoms with E-state index in [2.05, 4.69) is 6.92 Å². The van der Waals surface area contributed by atoms with Crippen molar-refractivity contribution in [2.45, 2.75) is 32.3 Å². The number of nitro benzene ring substituents is 1. The Morgan fingerprint density at radius 2 is 2.00 bits per heavy atom. The number of aliphatic hydroxyl groups is 1. The number of rotatable bonds is 8. The van der Waals surface area contributed by atoms with Crippen molar-refractivity contribution in [2.24, 2.45) is 5.92 Å². The third kappa shape index (κ3) is 5.81. The van der Waals surface area contributed by atoms with Gasteiger partial charge in [0, 0.05) is 19.2 Å². The van der Waals surface area contributed by atoms with Crippen molar-refractivity contribution in [3.05, 3.63) is 39.9 Å². The lowest BCUT2D eigenvalue weighted by Gasteiger charge is -2.15. The van der Waals surface area contributed by atoms with Crippen molar-refractivity contribution in [3.63, 3.8) is 0 Å². The molecule has 1 rings (SSSR count). The molecule has 0 saturated carbocycles. The van der Waals surface area contributed by atoms with Gasteiger partial charge in [0.15, 0.2) is 0 Å². The lowest BCUT2D eigenvalue weighted by atomic mass is 9.96. The van der Waals surface area contributed by atoms with Gasteiger partial charge in [0.1, 0.15) is 0 Å². The number of aryl methyl sites for hydroxylation is 1. The Labute approximate surface area is 113 Å². The van der Waals surface area contributed by atoms with E-state index in [-0.39, 0.29) is 5.69 Å². The Balaban J connectivity index is 2.37. The lowest BCUT2D eigenvalue weighted by molar-refractivity contribution is -0.384. The molecular formula is C14H21NO4. The Hall–Kier alpha value is -1.46. The highest BCUT2D eigenvalue weighted by Crippen LogP contribution is 2.17. The van der Waals surface area contributed by atoms with Gasteiger partial charge in [0.05, 0.1) is 17.6 Å². The Kier molecular flexibility index (Phi) is 6.45. The van der Waals surface area contributed by atoms with E-state index >= 15 is 0 Å². The molecule has 2 unspecified atom stereocenters. The molecule has 0 radical (unpaired) electrons. The van der Waals surface area contributed by atoms with E-state index in [0.717, 1.165) is 18.4 Å². The average molecular weight is 267 g/mol. The fourth-order valence-corrected chi connectivity index (χ4v) is 2.04. The summed E-state index contributed by atoms with van der Waals surface area (Å²) in [5.74, 6) is 0.389. The molecule has 5 heteroatoms. The highest BCUT2D eigenvalue weighted by atomic mass is 16.6. The molecule has 0 aliphatic rings. The van der Waals surface area contributed by atoms with Crippen LogP contribution in [-0.4, -0.2) is 29.9 Å². The van der Waals surface area contributed by atoms with Gasteiger partial charge in [-0.2, -0.15) is 0 Å². The van der Waals surface area contributed by atoms with Gasteiger partial charge in [-0.25, -0.2) is 0 Å². The minimum absolute atomic E-state index is 0.118. The minimum atomic E-state index is -0.420. The van der Waals surface area contributed by atoms with E-state index in [1.54, 1.807) is 19.2 Å². The summed E-state index contributed by atoms with van der Waals surface area (Å²) in [6.45, 7) is 2.45. The van der Waals surface area contributed by atoms with E-state index < -0.39 is 11.0 Å². The normalized spacial score (nSPS) is 14.1. The van der Waals surface area contributed by atoms with E-state index in [4.69, 9.17) is 4.74 Å². The largest absolute Gasteiger partial charge is 0.391 e. The molecule has 19 heavy (non-hydrogen) atoms. The first-order chi connectivity index (χ1) is 9.02. The van der Waals surface area contributed by atoms with Crippen molar-refractivity contribution in [1.82, 2.24) is 0 Å². The summed E-state index contributed by atoms with van der Waals surface area (Å²) >= 11 is 0. The minimum Gasteiger partial charge on any atom is -0.391 e. The number of hydrogen-bond acceptors (Lipinski definition) is 4. The topological polar surface area (TPSA) is 72.6 Å². The quantitative estimate of drug-likeness (QED) is 0.580. The third-order valence-electron chi connectivity index (χ3n) is 3.11. The number of methoxy groups -OCH3 is 1. The van der Waals surface area contributed by atoms with Crippen LogP contribution in [0.5, 0.6) is 0 Å². The molecule has 1 N–H and O–H groups in total. The van der Waals surface area contributed by atoms with Gasteiger partial charge in [0.25, 0.3) is 5.69 Å². The summed E-state index contributed by atoms with van der Waals surface area (Å²) in [5, 5.41) is 20.1. The van der Waals surface area contributed by atoms with Crippen LogP contribution in [0.4, 0.5) is 5.69 Å². The molecule has 106 valence electrons. The van der Waals surface area contributed by atoms with E-state index in [1.807, 2.05) is 0 Å². The molecule has 0 bridgehead atoms. The SMILES string of the molecule is COCC(O)CC(C)CCc1ccc([N+](=O)[O-])cc1. The van der Waals surface area contributed by atoms with E-state index in [1.165, 1.54) is 12.1 Å². The Bertz CT molecular complexity index is 391. The van der Waals surface area contributed by atoms with Crippen LogP contribution in [0.25, 0.3) is 0 Å². The van der Waals surface area contributed by atoms with Crippen molar-refractivity contribution >= 4 is 5.69 Å². The van der Waals surface area contributed by atoms with Crippen LogP contribution in [-0.2, 0) is 11.2 Å². The number of nitro groups is 1. The summed E-state index contributed by atoms with van der Waals surface area (Å²) in [7, 11) is 1.57. The number of nitrogens with zero attached hydrogens (tertiary/aromatic N) is 1. The van der Waals surface area contributed by atoms with Crippen molar-refractivity contribution in [3.8, 4) is 0 Å². The van der Waals surface area contributed by atoms with Crippen LogP contribution in [0.3, 0.4) is 0 Å². The van der Waals surface area contributed by atoms with Gasteiger partial charge in [-0.3, -0.25) is 10.1 Å². The average Bonchev–Trinajstić information content (AvgIpc) is 2.37. The summed E-state index contributed by atoms with van der Waals surface area (Å²) in [6.07, 6.45) is 2.09. The Morgan fingerprint density at radius 3 is 2.53 bits per heavy atom. The number of hydrogen-bond donors (Lipinski definition) is 1. The van der Waals surface area contributed by atoms with E-state index in [0.29, 0.717) is 18.9 Å². The fourth-order valence-electron chi connectivity index (χ4n) is 2.04. The highest BCUT2D eigenvalue weighted by Gasteiger charge is 2.11. The van der Waals surface area contributed by atoms with Crippen LogP contribution in [0, 0.1) is 16.0 Å². The summed E-state index contributed by atoms with van der Waals surface area (Å²) < 4.78 is 4.89.